The van der Waals surface area contributed by atoms with Gasteiger partial charge in [0, 0.05) is 13.1 Å². The van der Waals surface area contributed by atoms with Gasteiger partial charge in [0.1, 0.15) is 0 Å². The summed E-state index contributed by atoms with van der Waals surface area (Å²) in [7, 11) is -3.08. The number of β-amino-alcohol motifs (C(OH)–C–C–N with tert-alkyl or cyclic N) is 1. The van der Waals surface area contributed by atoms with Crippen LogP contribution in [0.25, 0.3) is 0 Å². The first-order valence-electron chi connectivity index (χ1n) is 4.22. The summed E-state index contributed by atoms with van der Waals surface area (Å²) in [4.78, 5) is 0. The molecule has 5 heteroatoms. The average Bonchev–Trinajstić information content (AvgIpc) is 2.05. The number of sulfonamides is 1. The standard InChI is InChI=1S/C7H15NO3S/c1-2-12(10,11)8-5-3-4-7(9)6-8/h7,9H,2-6H2,1H3. The molecule has 0 amide bonds. The lowest BCUT2D eigenvalue weighted by molar-refractivity contribution is 0.108. The van der Waals surface area contributed by atoms with E-state index in [1.165, 1.54) is 4.31 Å². The minimum atomic E-state index is -3.08. The second-order valence-corrected chi connectivity index (χ2v) is 5.31. The molecule has 12 heavy (non-hydrogen) atoms. The zero-order chi connectivity index (χ0) is 9.19. The van der Waals surface area contributed by atoms with Gasteiger partial charge in [-0.3, -0.25) is 0 Å². The molecule has 0 spiro atoms. The van der Waals surface area contributed by atoms with E-state index in [4.69, 9.17) is 0 Å². The van der Waals surface area contributed by atoms with Crippen LogP contribution in [0, 0.1) is 0 Å². The largest absolute Gasteiger partial charge is 0.392 e. The molecule has 4 nitrogen and oxygen atoms in total. The van der Waals surface area contributed by atoms with E-state index in [0.29, 0.717) is 6.54 Å². The first-order valence-corrected chi connectivity index (χ1v) is 5.83. The highest BCUT2D eigenvalue weighted by Crippen LogP contribution is 2.13. The van der Waals surface area contributed by atoms with Crippen LogP contribution in [-0.2, 0) is 10.0 Å². The van der Waals surface area contributed by atoms with E-state index >= 15 is 0 Å². The first-order chi connectivity index (χ1) is 5.56. The highest BCUT2D eigenvalue weighted by Gasteiger charge is 2.25. The molecule has 1 fully saturated rings. The highest BCUT2D eigenvalue weighted by atomic mass is 32.2. The first kappa shape index (κ1) is 9.95. The molecule has 1 rings (SSSR count). The Morgan fingerprint density at radius 2 is 2.25 bits per heavy atom. The molecule has 1 unspecified atom stereocenters. The quantitative estimate of drug-likeness (QED) is 0.660. The molecule has 72 valence electrons. The number of aliphatic hydroxyl groups is 1. The molecule has 0 radical (unpaired) electrons. The third-order valence-electron chi connectivity index (χ3n) is 2.12. The molecule has 1 heterocycles. The third-order valence-corrected chi connectivity index (χ3v) is 3.97. The van der Waals surface area contributed by atoms with Crippen LogP contribution in [0.5, 0.6) is 0 Å². The zero-order valence-electron chi connectivity index (χ0n) is 7.23. The molecule has 0 aromatic carbocycles. The summed E-state index contributed by atoms with van der Waals surface area (Å²) < 4.78 is 24.0. The van der Waals surface area contributed by atoms with Crippen molar-refractivity contribution in [2.75, 3.05) is 18.8 Å². The number of rotatable bonds is 2. The Labute approximate surface area is 73.2 Å². The molecule has 0 saturated carbocycles. The minimum Gasteiger partial charge on any atom is -0.392 e. The molecule has 1 saturated heterocycles. The van der Waals surface area contributed by atoms with Gasteiger partial charge in [-0.1, -0.05) is 0 Å². The lowest BCUT2D eigenvalue weighted by atomic mass is 10.1. The van der Waals surface area contributed by atoms with Gasteiger partial charge in [0.2, 0.25) is 10.0 Å². The van der Waals surface area contributed by atoms with Crippen LogP contribution in [0.3, 0.4) is 0 Å². The maximum Gasteiger partial charge on any atom is 0.213 e. The SMILES string of the molecule is CCS(=O)(=O)N1CCCC(O)C1. The van der Waals surface area contributed by atoms with Crippen LogP contribution < -0.4 is 0 Å². The number of aliphatic hydroxyl groups excluding tert-OH is 1. The Kier molecular flexibility index (Phi) is 3.09. The van der Waals surface area contributed by atoms with E-state index in [1.807, 2.05) is 0 Å². The van der Waals surface area contributed by atoms with E-state index in [9.17, 15) is 13.5 Å². The third kappa shape index (κ3) is 2.18. The molecule has 0 aliphatic carbocycles. The molecule has 1 aliphatic heterocycles. The van der Waals surface area contributed by atoms with E-state index < -0.39 is 16.1 Å². The van der Waals surface area contributed by atoms with Gasteiger partial charge in [0.15, 0.2) is 0 Å². The van der Waals surface area contributed by atoms with Gasteiger partial charge in [-0.15, -0.1) is 0 Å². The van der Waals surface area contributed by atoms with Crippen LogP contribution >= 0.6 is 0 Å². The van der Waals surface area contributed by atoms with Gasteiger partial charge < -0.3 is 5.11 Å². The number of hydrogen-bond acceptors (Lipinski definition) is 3. The fraction of sp³-hybridized carbons (Fsp3) is 1.00. The molecule has 0 aromatic rings. The number of hydrogen-bond donors (Lipinski definition) is 1. The summed E-state index contributed by atoms with van der Waals surface area (Å²) in [6.45, 7) is 2.46. The van der Waals surface area contributed by atoms with Crippen LogP contribution in [0.2, 0.25) is 0 Å². The lowest BCUT2D eigenvalue weighted by Gasteiger charge is -2.28. The Bertz CT molecular complexity index is 237. The number of piperidine rings is 1. The maximum atomic E-state index is 11.3. The average molecular weight is 193 g/mol. The van der Waals surface area contributed by atoms with Crippen molar-refractivity contribution in [1.82, 2.24) is 4.31 Å². The Morgan fingerprint density at radius 3 is 2.75 bits per heavy atom. The summed E-state index contributed by atoms with van der Waals surface area (Å²) in [5.74, 6) is 0.125. The molecular weight excluding hydrogens is 178 g/mol. The Hall–Kier alpha value is -0.130. The van der Waals surface area contributed by atoms with Crippen molar-refractivity contribution in [2.24, 2.45) is 0 Å². The fourth-order valence-corrected chi connectivity index (χ4v) is 2.53. The Morgan fingerprint density at radius 1 is 1.58 bits per heavy atom. The van der Waals surface area contributed by atoms with Crippen molar-refractivity contribution in [3.8, 4) is 0 Å². The molecule has 0 bridgehead atoms. The van der Waals surface area contributed by atoms with Crippen molar-refractivity contribution >= 4 is 10.0 Å². The minimum absolute atomic E-state index is 0.125. The summed E-state index contributed by atoms with van der Waals surface area (Å²) in [5, 5.41) is 9.23. The van der Waals surface area contributed by atoms with Crippen molar-refractivity contribution in [2.45, 2.75) is 25.9 Å². The van der Waals surface area contributed by atoms with Crippen LogP contribution in [0.15, 0.2) is 0 Å². The summed E-state index contributed by atoms with van der Waals surface area (Å²) in [6.07, 6.45) is 1.01. The van der Waals surface area contributed by atoms with Gasteiger partial charge in [0.05, 0.1) is 11.9 Å². The fourth-order valence-electron chi connectivity index (χ4n) is 1.36. The number of nitrogens with zero attached hydrogens (tertiary/aromatic N) is 1. The molecule has 1 atom stereocenters. The van der Waals surface area contributed by atoms with E-state index in [-0.39, 0.29) is 12.3 Å². The highest BCUT2D eigenvalue weighted by molar-refractivity contribution is 7.89. The lowest BCUT2D eigenvalue weighted by Crippen LogP contribution is -2.42. The van der Waals surface area contributed by atoms with Crippen molar-refractivity contribution in [3.63, 3.8) is 0 Å². The molecule has 1 aliphatic rings. The normalized spacial score (nSPS) is 27.3. The zero-order valence-corrected chi connectivity index (χ0v) is 8.05. The summed E-state index contributed by atoms with van der Waals surface area (Å²) in [5.41, 5.74) is 0. The van der Waals surface area contributed by atoms with E-state index in [0.717, 1.165) is 12.8 Å². The van der Waals surface area contributed by atoms with E-state index in [1.54, 1.807) is 6.92 Å². The van der Waals surface area contributed by atoms with Crippen LogP contribution in [-0.4, -0.2) is 42.8 Å². The van der Waals surface area contributed by atoms with E-state index in [2.05, 4.69) is 0 Å². The molecule has 1 N–H and O–H groups in total. The van der Waals surface area contributed by atoms with Crippen LogP contribution in [0.1, 0.15) is 19.8 Å². The van der Waals surface area contributed by atoms with Crippen molar-refractivity contribution in [3.05, 3.63) is 0 Å². The molecule has 0 aromatic heterocycles. The maximum absolute atomic E-state index is 11.3. The molecular formula is C7H15NO3S. The Balaban J connectivity index is 2.63. The summed E-state index contributed by atoms with van der Waals surface area (Å²) in [6, 6.07) is 0. The topological polar surface area (TPSA) is 57.6 Å². The summed E-state index contributed by atoms with van der Waals surface area (Å²) >= 11 is 0. The predicted octanol–water partition coefficient (Wildman–Crippen LogP) is -0.207. The van der Waals surface area contributed by atoms with Crippen molar-refractivity contribution < 1.29 is 13.5 Å². The van der Waals surface area contributed by atoms with Crippen LogP contribution in [0.4, 0.5) is 0 Å². The van der Waals surface area contributed by atoms with Gasteiger partial charge in [0.25, 0.3) is 0 Å². The second-order valence-electron chi connectivity index (χ2n) is 3.05. The van der Waals surface area contributed by atoms with Gasteiger partial charge in [-0.25, -0.2) is 8.42 Å². The van der Waals surface area contributed by atoms with Gasteiger partial charge in [-0.2, -0.15) is 4.31 Å². The smallest absolute Gasteiger partial charge is 0.213 e. The predicted molar refractivity (Wildman–Crippen MR) is 46.3 cm³/mol. The monoisotopic (exact) mass is 193 g/mol. The second kappa shape index (κ2) is 3.72. The van der Waals surface area contributed by atoms with Gasteiger partial charge >= 0.3 is 0 Å². The van der Waals surface area contributed by atoms with Gasteiger partial charge in [-0.05, 0) is 19.8 Å². The van der Waals surface area contributed by atoms with Crippen molar-refractivity contribution in [1.29, 1.82) is 0 Å².